The van der Waals surface area contributed by atoms with Crippen LogP contribution in [0.25, 0.3) is 0 Å². The van der Waals surface area contributed by atoms with Gasteiger partial charge in [-0.05, 0) is 48.6 Å². The van der Waals surface area contributed by atoms with Gasteiger partial charge in [0.05, 0.1) is 13.7 Å². The summed E-state index contributed by atoms with van der Waals surface area (Å²) in [5.41, 5.74) is 0.00548. The van der Waals surface area contributed by atoms with Gasteiger partial charge < -0.3 is 15.0 Å². The number of amides is 4. The molecule has 30 heavy (non-hydrogen) atoms. The van der Waals surface area contributed by atoms with Gasteiger partial charge in [0, 0.05) is 23.5 Å². The van der Waals surface area contributed by atoms with Crippen LogP contribution in [0.15, 0.2) is 41.8 Å². The number of carbonyl (C=O) groups is 3. The molecule has 4 rings (SSSR count). The quantitative estimate of drug-likeness (QED) is 0.686. The minimum atomic E-state index is -0.743. The molecular weight excluding hydrogens is 402 g/mol. The van der Waals surface area contributed by atoms with Crippen LogP contribution >= 0.6 is 11.3 Å². The second kappa shape index (κ2) is 8.47. The average Bonchev–Trinajstić information content (AvgIpc) is 3.48. The Morgan fingerprint density at radius 1 is 1.20 bits per heavy atom. The Morgan fingerprint density at radius 2 is 1.93 bits per heavy atom. The predicted octanol–water partition coefficient (Wildman–Crippen LogP) is 3.54. The minimum absolute atomic E-state index is 0.0760. The fourth-order valence-electron chi connectivity index (χ4n) is 4.18. The SMILES string of the molecule is COc1ccc(N(Cc2cccs2)C(=O)CCN2C(=O)NC3(CCCC3)C2=O)cc1. The molecule has 0 radical (unpaired) electrons. The molecule has 2 heterocycles. The molecule has 1 aromatic heterocycles. The molecule has 2 aromatic rings. The number of thiophene rings is 1. The van der Waals surface area contributed by atoms with E-state index in [-0.39, 0.29) is 30.8 Å². The third kappa shape index (κ3) is 3.92. The van der Waals surface area contributed by atoms with Gasteiger partial charge >= 0.3 is 6.03 Å². The van der Waals surface area contributed by atoms with Crippen molar-refractivity contribution < 1.29 is 19.1 Å². The number of carbonyl (C=O) groups excluding carboxylic acids is 3. The maximum Gasteiger partial charge on any atom is 0.325 e. The standard InChI is InChI=1S/C22H25N3O4S/c1-29-17-8-6-16(7-9-17)25(15-18-5-4-14-30-18)19(26)10-13-24-20(27)22(23-21(24)28)11-2-3-12-22/h4-9,14H,2-3,10-13,15H2,1H3,(H,23,28). The van der Waals surface area contributed by atoms with Crippen LogP contribution in [0.3, 0.4) is 0 Å². The molecule has 2 aliphatic rings. The maximum atomic E-state index is 13.1. The maximum absolute atomic E-state index is 13.1. The number of rotatable bonds is 7. The second-order valence-electron chi connectivity index (χ2n) is 7.68. The van der Waals surface area contributed by atoms with Crippen molar-refractivity contribution in [3.8, 4) is 5.75 Å². The summed E-state index contributed by atoms with van der Waals surface area (Å²) in [6, 6.07) is 10.8. The Kier molecular flexibility index (Phi) is 5.76. The third-order valence-corrected chi connectivity index (χ3v) is 6.69. The number of benzene rings is 1. The molecule has 1 N–H and O–H groups in total. The number of nitrogens with zero attached hydrogens (tertiary/aromatic N) is 2. The van der Waals surface area contributed by atoms with Crippen LogP contribution in [-0.2, 0) is 16.1 Å². The number of hydrogen-bond donors (Lipinski definition) is 1. The van der Waals surface area contributed by atoms with E-state index < -0.39 is 5.54 Å². The normalized spacial score (nSPS) is 17.4. The summed E-state index contributed by atoms with van der Waals surface area (Å²) >= 11 is 1.58. The van der Waals surface area contributed by atoms with Crippen LogP contribution in [0, 0.1) is 0 Å². The summed E-state index contributed by atoms with van der Waals surface area (Å²) in [7, 11) is 1.60. The van der Waals surface area contributed by atoms with Crippen molar-refractivity contribution in [2.45, 2.75) is 44.2 Å². The van der Waals surface area contributed by atoms with Gasteiger partial charge in [0.25, 0.3) is 5.91 Å². The van der Waals surface area contributed by atoms with Crippen LogP contribution < -0.4 is 15.0 Å². The van der Waals surface area contributed by atoms with Crippen LogP contribution in [0.4, 0.5) is 10.5 Å². The first-order valence-electron chi connectivity index (χ1n) is 10.1. The molecule has 0 atom stereocenters. The highest BCUT2D eigenvalue weighted by atomic mass is 32.1. The zero-order valence-corrected chi connectivity index (χ0v) is 17.7. The minimum Gasteiger partial charge on any atom is -0.497 e. The molecule has 1 saturated heterocycles. The molecular formula is C22H25N3O4S. The van der Waals surface area contributed by atoms with Crippen LogP contribution in [0.5, 0.6) is 5.75 Å². The topological polar surface area (TPSA) is 79.0 Å². The monoisotopic (exact) mass is 427 g/mol. The van der Waals surface area contributed by atoms with E-state index >= 15 is 0 Å². The molecule has 158 valence electrons. The lowest BCUT2D eigenvalue weighted by Gasteiger charge is -2.24. The molecule has 1 saturated carbocycles. The van der Waals surface area contributed by atoms with E-state index in [1.54, 1.807) is 23.3 Å². The van der Waals surface area contributed by atoms with Gasteiger partial charge in [-0.2, -0.15) is 0 Å². The van der Waals surface area contributed by atoms with Gasteiger partial charge in [-0.3, -0.25) is 14.5 Å². The van der Waals surface area contributed by atoms with Crippen LogP contribution in [0.2, 0.25) is 0 Å². The van der Waals surface area contributed by atoms with Gasteiger partial charge in [-0.1, -0.05) is 18.9 Å². The molecule has 2 fully saturated rings. The van der Waals surface area contributed by atoms with Crippen molar-refractivity contribution in [3.63, 3.8) is 0 Å². The zero-order valence-electron chi connectivity index (χ0n) is 16.9. The molecule has 0 unspecified atom stereocenters. The van der Waals surface area contributed by atoms with Crippen molar-refractivity contribution >= 4 is 34.9 Å². The molecule has 0 bridgehead atoms. The lowest BCUT2D eigenvalue weighted by molar-refractivity contribution is -0.131. The van der Waals surface area contributed by atoms with Gasteiger partial charge in [-0.25, -0.2) is 4.79 Å². The summed E-state index contributed by atoms with van der Waals surface area (Å²) in [6.45, 7) is 0.523. The first kappa shape index (κ1) is 20.4. The molecule has 1 aromatic carbocycles. The first-order valence-corrected chi connectivity index (χ1v) is 11.0. The predicted molar refractivity (Wildman–Crippen MR) is 115 cm³/mol. The summed E-state index contributed by atoms with van der Waals surface area (Å²) in [5.74, 6) is 0.386. The van der Waals surface area contributed by atoms with E-state index in [0.717, 1.165) is 23.4 Å². The van der Waals surface area contributed by atoms with E-state index in [0.29, 0.717) is 25.1 Å². The first-order chi connectivity index (χ1) is 14.5. The lowest BCUT2D eigenvalue weighted by Crippen LogP contribution is -2.44. The Bertz CT molecular complexity index is 920. The number of imide groups is 1. The number of ether oxygens (including phenoxy) is 1. The largest absolute Gasteiger partial charge is 0.497 e. The highest BCUT2D eigenvalue weighted by Crippen LogP contribution is 2.35. The van der Waals surface area contributed by atoms with Gasteiger partial charge in [0.15, 0.2) is 0 Å². The van der Waals surface area contributed by atoms with Crippen LogP contribution in [-0.4, -0.2) is 41.9 Å². The van der Waals surface area contributed by atoms with E-state index in [9.17, 15) is 14.4 Å². The number of methoxy groups -OCH3 is 1. The smallest absolute Gasteiger partial charge is 0.325 e. The Labute approximate surface area is 179 Å². The number of anilines is 1. The highest BCUT2D eigenvalue weighted by Gasteiger charge is 2.52. The van der Waals surface area contributed by atoms with Gasteiger partial charge in [0.2, 0.25) is 5.91 Å². The second-order valence-corrected chi connectivity index (χ2v) is 8.72. The van der Waals surface area contributed by atoms with Gasteiger partial charge in [-0.15, -0.1) is 11.3 Å². The highest BCUT2D eigenvalue weighted by molar-refractivity contribution is 7.09. The van der Waals surface area contributed by atoms with Crippen molar-refractivity contribution in [1.29, 1.82) is 0 Å². The summed E-state index contributed by atoms with van der Waals surface area (Å²) in [4.78, 5) is 42.3. The Morgan fingerprint density at radius 3 is 2.57 bits per heavy atom. The number of hydrogen-bond acceptors (Lipinski definition) is 5. The third-order valence-electron chi connectivity index (χ3n) is 5.83. The van der Waals surface area contributed by atoms with Crippen molar-refractivity contribution in [2.24, 2.45) is 0 Å². The number of urea groups is 1. The van der Waals surface area contributed by atoms with Crippen molar-refractivity contribution in [1.82, 2.24) is 10.2 Å². The zero-order chi connectivity index (χ0) is 21.1. The molecule has 8 heteroatoms. The average molecular weight is 428 g/mol. The van der Waals surface area contributed by atoms with Gasteiger partial charge in [0.1, 0.15) is 11.3 Å². The van der Waals surface area contributed by atoms with E-state index in [4.69, 9.17) is 4.74 Å². The van der Waals surface area contributed by atoms with E-state index in [1.165, 1.54) is 4.90 Å². The van der Waals surface area contributed by atoms with Crippen molar-refractivity contribution in [3.05, 3.63) is 46.7 Å². The fraction of sp³-hybridized carbons (Fsp3) is 0.409. The molecule has 1 aliphatic heterocycles. The summed E-state index contributed by atoms with van der Waals surface area (Å²) in [5, 5.41) is 4.84. The van der Waals surface area contributed by atoms with Crippen molar-refractivity contribution in [2.75, 3.05) is 18.6 Å². The molecule has 1 spiro atoms. The number of nitrogens with one attached hydrogen (secondary N) is 1. The summed E-state index contributed by atoms with van der Waals surface area (Å²) in [6.07, 6.45) is 3.30. The molecule has 7 nitrogen and oxygen atoms in total. The lowest BCUT2D eigenvalue weighted by atomic mass is 9.98. The Balaban J connectivity index is 1.47. The van der Waals surface area contributed by atoms with Crippen LogP contribution in [0.1, 0.15) is 37.0 Å². The fourth-order valence-corrected chi connectivity index (χ4v) is 4.88. The summed E-state index contributed by atoms with van der Waals surface area (Å²) < 4.78 is 5.21. The Hall–Kier alpha value is -2.87. The molecule has 4 amide bonds. The molecule has 1 aliphatic carbocycles. The van der Waals surface area contributed by atoms with E-state index in [2.05, 4.69) is 5.32 Å². The van der Waals surface area contributed by atoms with E-state index in [1.807, 2.05) is 41.8 Å².